The van der Waals surface area contributed by atoms with Gasteiger partial charge in [0.2, 0.25) is 5.91 Å². The van der Waals surface area contributed by atoms with Gasteiger partial charge >= 0.3 is 18.4 Å². The number of anilines is 1. The second kappa shape index (κ2) is 14.5. The summed E-state index contributed by atoms with van der Waals surface area (Å²) in [6.07, 6.45) is -4.75. The van der Waals surface area contributed by atoms with E-state index >= 15 is 4.39 Å². The number of nitrogens with zero attached hydrogens (tertiary/aromatic N) is 5. The number of likely N-dealkylation sites (tertiary alicyclic amines) is 2. The summed E-state index contributed by atoms with van der Waals surface area (Å²) in [7, 11) is 0. The number of rotatable bonds is 6. The molecule has 3 amide bonds. The number of ether oxygens (including phenoxy) is 2. The van der Waals surface area contributed by atoms with Crippen molar-refractivity contribution in [3.63, 3.8) is 0 Å². The third-order valence-electron chi connectivity index (χ3n) is 10.0. The lowest BCUT2D eigenvalue weighted by Gasteiger charge is -2.46. The van der Waals surface area contributed by atoms with Crippen LogP contribution in [-0.4, -0.2) is 80.6 Å². The fraction of sp³-hybridized carbons (Fsp3) is 0.500. The van der Waals surface area contributed by atoms with Gasteiger partial charge in [0.25, 0.3) is 0 Å². The van der Waals surface area contributed by atoms with E-state index in [0.717, 1.165) is 11.6 Å². The van der Waals surface area contributed by atoms with E-state index in [-0.39, 0.29) is 56.0 Å². The maximum Gasteiger partial charge on any atom is 0.419 e. The number of halogens is 4. The molecule has 4 heterocycles. The van der Waals surface area contributed by atoms with E-state index in [2.05, 4.69) is 10.3 Å². The molecule has 3 aromatic rings. The minimum absolute atomic E-state index is 0.0113. The fourth-order valence-electron chi connectivity index (χ4n) is 7.39. The molecule has 2 aromatic carbocycles. The Morgan fingerprint density at radius 2 is 1.68 bits per heavy atom. The van der Waals surface area contributed by atoms with Crippen LogP contribution in [0.25, 0.3) is 0 Å². The molecule has 284 valence electrons. The number of nitrogens with one attached hydrogen (secondary N) is 1. The molecule has 1 N–H and O–H groups in total. The van der Waals surface area contributed by atoms with Crippen LogP contribution in [0.2, 0.25) is 0 Å². The van der Waals surface area contributed by atoms with E-state index in [4.69, 9.17) is 14.5 Å². The van der Waals surface area contributed by atoms with Gasteiger partial charge in [-0.1, -0.05) is 42.5 Å². The Morgan fingerprint density at radius 3 is 2.34 bits per heavy atom. The summed E-state index contributed by atoms with van der Waals surface area (Å²) >= 11 is 0. The van der Waals surface area contributed by atoms with Crippen molar-refractivity contribution in [2.75, 3.05) is 31.5 Å². The van der Waals surface area contributed by atoms with Crippen LogP contribution >= 0.6 is 0 Å². The number of hydrogen-bond donors (Lipinski definition) is 1. The summed E-state index contributed by atoms with van der Waals surface area (Å²) in [5.41, 5.74) is -1.80. The first-order valence-electron chi connectivity index (χ1n) is 17.7. The Balaban J connectivity index is 1.30. The third kappa shape index (κ3) is 7.88. The first-order valence-corrected chi connectivity index (χ1v) is 17.7. The second-order valence-corrected chi connectivity index (χ2v) is 14.9. The number of fused-ring (bicyclic) bond motifs is 2. The maximum absolute atomic E-state index is 15.3. The largest absolute Gasteiger partial charge is 0.445 e. The molecule has 6 rings (SSSR count). The summed E-state index contributed by atoms with van der Waals surface area (Å²) in [4.78, 5) is 55.2. The number of benzene rings is 2. The number of aryl methyl sites for hydroxylation is 1. The van der Waals surface area contributed by atoms with Gasteiger partial charge in [0.05, 0.1) is 23.8 Å². The van der Waals surface area contributed by atoms with E-state index in [1.165, 1.54) is 17.9 Å². The summed E-state index contributed by atoms with van der Waals surface area (Å²) in [5.74, 6) is -1.05. The maximum atomic E-state index is 15.3. The summed E-state index contributed by atoms with van der Waals surface area (Å²) in [6, 6.07) is 11.2. The minimum Gasteiger partial charge on any atom is -0.445 e. The first-order chi connectivity index (χ1) is 25.0. The monoisotopic (exact) mass is 740 g/mol. The molecule has 15 heteroatoms. The van der Waals surface area contributed by atoms with Crippen molar-refractivity contribution in [2.24, 2.45) is 0 Å². The van der Waals surface area contributed by atoms with Crippen molar-refractivity contribution in [1.29, 1.82) is 0 Å². The lowest BCUT2D eigenvalue weighted by atomic mass is 9.76. The van der Waals surface area contributed by atoms with Crippen LogP contribution < -0.4 is 5.32 Å². The van der Waals surface area contributed by atoms with Gasteiger partial charge < -0.3 is 29.5 Å². The second-order valence-electron chi connectivity index (χ2n) is 14.9. The van der Waals surface area contributed by atoms with E-state index in [1.807, 2.05) is 30.3 Å². The van der Waals surface area contributed by atoms with Crippen molar-refractivity contribution >= 4 is 23.9 Å². The molecule has 1 aromatic heterocycles. The predicted molar refractivity (Wildman–Crippen MR) is 186 cm³/mol. The molecular formula is C38H44F4N6O5. The van der Waals surface area contributed by atoms with E-state index in [0.29, 0.717) is 49.1 Å². The van der Waals surface area contributed by atoms with Crippen molar-refractivity contribution in [1.82, 2.24) is 24.7 Å². The molecule has 3 aliphatic rings. The lowest BCUT2D eigenvalue weighted by molar-refractivity contribution is -0.143. The highest BCUT2D eigenvalue weighted by atomic mass is 19.4. The third-order valence-corrected chi connectivity index (χ3v) is 10.0. The van der Waals surface area contributed by atoms with Crippen LogP contribution in [0.3, 0.4) is 0 Å². The molecule has 53 heavy (non-hydrogen) atoms. The van der Waals surface area contributed by atoms with Crippen molar-refractivity contribution in [2.45, 2.75) is 96.3 Å². The molecule has 3 aliphatic heterocycles. The topological polar surface area (TPSA) is 117 Å². The van der Waals surface area contributed by atoms with Gasteiger partial charge in [-0.3, -0.25) is 4.79 Å². The van der Waals surface area contributed by atoms with E-state index in [9.17, 15) is 27.6 Å². The van der Waals surface area contributed by atoms with Crippen LogP contribution in [0.15, 0.2) is 48.5 Å². The highest BCUT2D eigenvalue weighted by molar-refractivity contribution is 5.92. The predicted octanol–water partition coefficient (Wildman–Crippen LogP) is 7.14. The average Bonchev–Trinajstić information content (AvgIpc) is 3.55. The van der Waals surface area contributed by atoms with Gasteiger partial charge in [0.1, 0.15) is 35.1 Å². The molecule has 1 spiro atoms. The molecule has 0 radical (unpaired) electrons. The van der Waals surface area contributed by atoms with Gasteiger partial charge in [-0.15, -0.1) is 0 Å². The van der Waals surface area contributed by atoms with E-state index in [1.54, 1.807) is 37.5 Å². The Kier molecular flexibility index (Phi) is 10.3. The number of hydrogen-bond acceptors (Lipinski definition) is 8. The molecule has 2 saturated heterocycles. The molecule has 1 unspecified atom stereocenters. The van der Waals surface area contributed by atoms with Crippen LogP contribution in [-0.2, 0) is 39.0 Å². The molecule has 0 saturated carbocycles. The number of aromatic nitrogens is 2. The van der Waals surface area contributed by atoms with Gasteiger partial charge in [0, 0.05) is 43.3 Å². The van der Waals surface area contributed by atoms with Gasteiger partial charge in [-0.2, -0.15) is 13.2 Å². The minimum atomic E-state index is -4.88. The van der Waals surface area contributed by atoms with Crippen molar-refractivity contribution < 1.29 is 41.4 Å². The van der Waals surface area contributed by atoms with Crippen molar-refractivity contribution in [3.8, 4) is 0 Å². The molecule has 0 aliphatic carbocycles. The van der Waals surface area contributed by atoms with Gasteiger partial charge in [-0.05, 0) is 65.5 Å². The molecule has 11 nitrogen and oxygen atoms in total. The lowest BCUT2D eigenvalue weighted by Crippen LogP contribution is -2.58. The Hall–Kier alpha value is -4.95. The zero-order valence-corrected chi connectivity index (χ0v) is 30.4. The van der Waals surface area contributed by atoms with E-state index < -0.39 is 46.8 Å². The van der Waals surface area contributed by atoms with Crippen LogP contribution in [0.5, 0.6) is 0 Å². The zero-order chi connectivity index (χ0) is 38.3. The normalized spacial score (nSPS) is 20.0. The average molecular weight is 741 g/mol. The number of amides is 3. The summed E-state index contributed by atoms with van der Waals surface area (Å²) < 4.78 is 67.2. The number of carbonyl (C=O) groups excluding carboxylic acids is 3. The Labute approximate surface area is 305 Å². The van der Waals surface area contributed by atoms with Crippen LogP contribution in [0.1, 0.15) is 86.8 Å². The first kappa shape index (κ1) is 37.8. The standard InChI is InChI=1S/C38H44F4N6O5/c1-23(27-12-9-13-29(30(27)39)38(40,41)42)43-32-28-20-48(26-14-17-46(18-15-26)34(50)52-21-25-10-7-6-8-11-25)33(49)37(31(28)44-24(2)45-32)16-19-47(22-37)35(51)53-36(3,4)5/h6-13,23,26H,14-22H2,1-5H3,(H,43,44,45)/t23-,37?/m1/s1. The highest BCUT2D eigenvalue weighted by Gasteiger charge is 2.56. The van der Waals surface area contributed by atoms with Gasteiger partial charge in [-0.25, -0.2) is 23.9 Å². The fourth-order valence-corrected chi connectivity index (χ4v) is 7.39. The molecule has 2 atom stereocenters. The van der Waals surface area contributed by atoms with Crippen LogP contribution in [0.4, 0.5) is 33.0 Å². The molecule has 2 fully saturated rings. The Morgan fingerprint density at radius 1 is 0.981 bits per heavy atom. The Bertz CT molecular complexity index is 1860. The summed E-state index contributed by atoms with van der Waals surface area (Å²) in [6.45, 7) is 9.53. The summed E-state index contributed by atoms with van der Waals surface area (Å²) in [5, 5.41) is 3.13. The number of carbonyl (C=O) groups is 3. The molecular weight excluding hydrogens is 696 g/mol. The zero-order valence-electron chi connectivity index (χ0n) is 30.4. The van der Waals surface area contributed by atoms with Gasteiger partial charge in [0.15, 0.2) is 0 Å². The number of piperidine rings is 1. The van der Waals surface area contributed by atoms with Crippen molar-refractivity contribution in [3.05, 3.63) is 88.1 Å². The quantitative estimate of drug-likeness (QED) is 0.265. The van der Waals surface area contributed by atoms with Crippen LogP contribution in [0, 0.1) is 12.7 Å². The highest BCUT2D eigenvalue weighted by Crippen LogP contribution is 2.45. The molecule has 0 bridgehead atoms. The number of alkyl halides is 3. The smallest absolute Gasteiger partial charge is 0.419 e. The SMILES string of the molecule is Cc1nc(N[C@H](C)c2cccc(C(F)(F)F)c2F)c2c(n1)C1(CCN(C(=O)OC(C)(C)C)C1)C(=O)N(C1CCN(C(=O)OCc3ccccc3)CC1)C2.